The molecule has 8 heteroatoms. The van der Waals surface area contributed by atoms with Gasteiger partial charge in [-0.15, -0.1) is 0 Å². The Balaban J connectivity index is 1.69. The summed E-state index contributed by atoms with van der Waals surface area (Å²) in [5, 5.41) is 9.95. The Morgan fingerprint density at radius 2 is 1.91 bits per heavy atom. The lowest BCUT2D eigenvalue weighted by molar-refractivity contribution is -0.00344. The number of likely N-dealkylation sites (tertiary alicyclic amines) is 1. The molecule has 3 heterocycles. The third-order valence-corrected chi connectivity index (χ3v) is 4.01. The van der Waals surface area contributed by atoms with Gasteiger partial charge in [-0.2, -0.15) is 15.4 Å². The maximum atomic E-state index is 12.4. The Hall–Kier alpha value is -2.12. The van der Waals surface area contributed by atoms with Crippen LogP contribution in [0.25, 0.3) is 0 Å². The Morgan fingerprint density at radius 1 is 1.27 bits per heavy atom. The molecule has 1 aromatic heterocycles. The zero-order valence-corrected chi connectivity index (χ0v) is 13.1. The molecule has 1 N–H and O–H groups in total. The SMILES string of the molecule is CC(C)(C)OC(=O)N1C2CCC1CN(C(=O)c1cn[nH]n1)C2. The molecule has 2 aliphatic heterocycles. The van der Waals surface area contributed by atoms with Gasteiger partial charge in [0.25, 0.3) is 5.91 Å². The molecule has 120 valence electrons. The van der Waals surface area contributed by atoms with E-state index in [-0.39, 0.29) is 24.1 Å². The van der Waals surface area contributed by atoms with Crippen molar-refractivity contribution < 1.29 is 14.3 Å². The smallest absolute Gasteiger partial charge is 0.410 e. The van der Waals surface area contributed by atoms with Gasteiger partial charge in [-0.05, 0) is 33.6 Å². The summed E-state index contributed by atoms with van der Waals surface area (Å²) in [6, 6.07) is 0.0360. The van der Waals surface area contributed by atoms with Crippen molar-refractivity contribution in [2.75, 3.05) is 13.1 Å². The maximum Gasteiger partial charge on any atom is 0.410 e. The number of amides is 2. The minimum Gasteiger partial charge on any atom is -0.444 e. The lowest BCUT2D eigenvalue weighted by Gasteiger charge is -2.41. The first-order chi connectivity index (χ1) is 10.3. The van der Waals surface area contributed by atoms with E-state index in [4.69, 9.17) is 4.74 Å². The normalized spacial score (nSPS) is 24.5. The molecule has 22 heavy (non-hydrogen) atoms. The summed E-state index contributed by atoms with van der Waals surface area (Å²) in [7, 11) is 0. The molecule has 0 aliphatic carbocycles. The third-order valence-electron chi connectivity index (χ3n) is 4.01. The van der Waals surface area contributed by atoms with Crippen LogP contribution in [0.3, 0.4) is 0 Å². The van der Waals surface area contributed by atoms with Crippen LogP contribution in [0.15, 0.2) is 6.20 Å². The number of carbonyl (C=O) groups is 2. The fraction of sp³-hybridized carbons (Fsp3) is 0.714. The average Bonchev–Trinajstić information content (AvgIpc) is 3.03. The second kappa shape index (κ2) is 5.26. The number of nitrogens with zero attached hydrogens (tertiary/aromatic N) is 4. The summed E-state index contributed by atoms with van der Waals surface area (Å²) in [5.41, 5.74) is -0.199. The van der Waals surface area contributed by atoms with E-state index in [0.717, 1.165) is 12.8 Å². The molecular formula is C14H21N5O3. The fourth-order valence-corrected chi connectivity index (χ4v) is 3.15. The average molecular weight is 307 g/mol. The summed E-state index contributed by atoms with van der Waals surface area (Å²) in [6.07, 6.45) is 2.93. The van der Waals surface area contributed by atoms with Crippen molar-refractivity contribution in [1.82, 2.24) is 25.2 Å². The molecule has 2 atom stereocenters. The fourth-order valence-electron chi connectivity index (χ4n) is 3.15. The van der Waals surface area contributed by atoms with Gasteiger partial charge >= 0.3 is 6.09 Å². The van der Waals surface area contributed by atoms with E-state index in [2.05, 4.69) is 15.4 Å². The van der Waals surface area contributed by atoms with Crippen molar-refractivity contribution in [2.45, 2.75) is 51.3 Å². The van der Waals surface area contributed by atoms with Gasteiger partial charge < -0.3 is 9.64 Å². The Labute approximate surface area is 128 Å². The first-order valence-corrected chi connectivity index (χ1v) is 7.51. The number of piperazine rings is 1. The van der Waals surface area contributed by atoms with Crippen molar-refractivity contribution >= 4 is 12.0 Å². The largest absolute Gasteiger partial charge is 0.444 e. The van der Waals surface area contributed by atoms with Gasteiger partial charge in [0, 0.05) is 13.1 Å². The molecule has 0 aromatic carbocycles. The number of ether oxygens (including phenoxy) is 1. The molecule has 2 fully saturated rings. The van der Waals surface area contributed by atoms with Crippen LogP contribution in [0.4, 0.5) is 4.79 Å². The topological polar surface area (TPSA) is 91.4 Å². The number of aromatic amines is 1. The van der Waals surface area contributed by atoms with Crippen LogP contribution in [0, 0.1) is 0 Å². The molecule has 0 spiro atoms. The van der Waals surface area contributed by atoms with Crippen LogP contribution in [-0.2, 0) is 4.74 Å². The predicted molar refractivity (Wildman–Crippen MR) is 77.2 cm³/mol. The quantitative estimate of drug-likeness (QED) is 0.836. The molecule has 2 bridgehead atoms. The van der Waals surface area contributed by atoms with Crippen molar-refractivity contribution in [3.05, 3.63) is 11.9 Å². The highest BCUT2D eigenvalue weighted by atomic mass is 16.6. The Bertz CT molecular complexity index is 552. The van der Waals surface area contributed by atoms with Crippen molar-refractivity contribution in [3.8, 4) is 0 Å². The van der Waals surface area contributed by atoms with Gasteiger partial charge in [-0.25, -0.2) is 4.79 Å². The van der Waals surface area contributed by atoms with Gasteiger partial charge in [0.1, 0.15) is 5.60 Å². The number of hydrogen-bond acceptors (Lipinski definition) is 5. The zero-order valence-electron chi connectivity index (χ0n) is 13.1. The molecule has 2 amide bonds. The van der Waals surface area contributed by atoms with Gasteiger partial charge in [-0.1, -0.05) is 0 Å². The van der Waals surface area contributed by atoms with Gasteiger partial charge in [0.15, 0.2) is 5.69 Å². The van der Waals surface area contributed by atoms with E-state index in [1.54, 1.807) is 9.80 Å². The van der Waals surface area contributed by atoms with Gasteiger partial charge in [-0.3, -0.25) is 9.69 Å². The molecule has 2 unspecified atom stereocenters. The van der Waals surface area contributed by atoms with Gasteiger partial charge in [0.2, 0.25) is 0 Å². The van der Waals surface area contributed by atoms with E-state index in [9.17, 15) is 9.59 Å². The van der Waals surface area contributed by atoms with Gasteiger partial charge in [0.05, 0.1) is 18.3 Å². The number of nitrogens with one attached hydrogen (secondary N) is 1. The molecule has 0 saturated carbocycles. The lowest BCUT2D eigenvalue weighted by Crippen LogP contribution is -2.57. The molecular weight excluding hydrogens is 286 g/mol. The summed E-state index contributed by atoms with van der Waals surface area (Å²) >= 11 is 0. The first kappa shape index (κ1) is 14.8. The zero-order chi connectivity index (χ0) is 15.9. The predicted octanol–water partition coefficient (Wildman–Crippen LogP) is 1.03. The highest BCUT2D eigenvalue weighted by molar-refractivity contribution is 5.92. The van der Waals surface area contributed by atoms with E-state index in [1.807, 2.05) is 20.8 Å². The van der Waals surface area contributed by atoms with Crippen LogP contribution in [-0.4, -0.2) is 68.0 Å². The van der Waals surface area contributed by atoms with Crippen molar-refractivity contribution in [3.63, 3.8) is 0 Å². The highest BCUT2D eigenvalue weighted by Crippen LogP contribution is 2.32. The van der Waals surface area contributed by atoms with Crippen molar-refractivity contribution in [2.24, 2.45) is 0 Å². The second-order valence-electron chi connectivity index (χ2n) is 6.84. The minimum absolute atomic E-state index is 0.0180. The van der Waals surface area contributed by atoms with Crippen molar-refractivity contribution in [1.29, 1.82) is 0 Å². The van der Waals surface area contributed by atoms with E-state index in [0.29, 0.717) is 18.8 Å². The number of hydrogen-bond donors (Lipinski definition) is 1. The van der Waals surface area contributed by atoms with Crippen LogP contribution >= 0.6 is 0 Å². The van der Waals surface area contributed by atoms with Crippen LogP contribution in [0.5, 0.6) is 0 Å². The minimum atomic E-state index is -0.510. The number of H-pyrrole nitrogens is 1. The number of aromatic nitrogens is 3. The molecule has 2 saturated heterocycles. The molecule has 2 aliphatic rings. The Morgan fingerprint density at radius 3 is 2.41 bits per heavy atom. The van der Waals surface area contributed by atoms with E-state index < -0.39 is 5.60 Å². The number of carbonyl (C=O) groups excluding carboxylic acids is 2. The maximum absolute atomic E-state index is 12.4. The Kier molecular flexibility index (Phi) is 3.54. The highest BCUT2D eigenvalue weighted by Gasteiger charge is 2.45. The molecule has 0 radical (unpaired) electrons. The summed E-state index contributed by atoms with van der Waals surface area (Å²) in [4.78, 5) is 28.3. The molecule has 1 aromatic rings. The number of rotatable bonds is 1. The summed E-state index contributed by atoms with van der Waals surface area (Å²) < 4.78 is 5.48. The molecule has 3 rings (SSSR count). The summed E-state index contributed by atoms with van der Waals surface area (Å²) in [5.74, 6) is -0.144. The number of fused-ring (bicyclic) bond motifs is 2. The molecule has 8 nitrogen and oxygen atoms in total. The second-order valence-corrected chi connectivity index (χ2v) is 6.84. The van der Waals surface area contributed by atoms with Crippen LogP contribution in [0.2, 0.25) is 0 Å². The monoisotopic (exact) mass is 307 g/mol. The lowest BCUT2D eigenvalue weighted by atomic mass is 10.1. The van der Waals surface area contributed by atoms with E-state index >= 15 is 0 Å². The van der Waals surface area contributed by atoms with E-state index in [1.165, 1.54) is 6.20 Å². The first-order valence-electron chi connectivity index (χ1n) is 7.51. The standard InChI is InChI=1S/C14H21N5O3/c1-14(2,3)22-13(21)19-9-4-5-10(19)8-18(7-9)12(20)11-6-15-17-16-11/h6,9-10H,4-5,7-8H2,1-3H3,(H,15,16,17). The van der Waals surface area contributed by atoms with Crippen LogP contribution < -0.4 is 0 Å². The van der Waals surface area contributed by atoms with Crippen LogP contribution in [0.1, 0.15) is 44.1 Å². The summed E-state index contributed by atoms with van der Waals surface area (Å²) in [6.45, 7) is 6.61. The third kappa shape index (κ3) is 2.77.